The summed E-state index contributed by atoms with van der Waals surface area (Å²) in [4.78, 5) is 14.2. The number of nitrogens with zero attached hydrogens (tertiary/aromatic N) is 1. The molecule has 0 unspecified atom stereocenters. The smallest absolute Gasteiger partial charge is 0.257 e. The Kier molecular flexibility index (Phi) is 6.89. The van der Waals surface area contributed by atoms with Crippen molar-refractivity contribution in [2.24, 2.45) is 0 Å². The van der Waals surface area contributed by atoms with E-state index in [0.29, 0.717) is 23.9 Å². The maximum Gasteiger partial charge on any atom is 0.257 e. The predicted octanol–water partition coefficient (Wildman–Crippen LogP) is 2.91. The third-order valence-corrected chi connectivity index (χ3v) is 4.51. The fraction of sp³-hybridized carbons (Fsp3) is 0.350. The van der Waals surface area contributed by atoms with Gasteiger partial charge in [-0.15, -0.1) is 0 Å². The van der Waals surface area contributed by atoms with Crippen LogP contribution in [0.5, 0.6) is 5.75 Å². The summed E-state index contributed by atoms with van der Waals surface area (Å²) in [6.07, 6.45) is 0.0916. The Morgan fingerprint density at radius 1 is 1.19 bits per heavy atom. The summed E-state index contributed by atoms with van der Waals surface area (Å²) >= 11 is 5.82. The van der Waals surface area contributed by atoms with Crippen LogP contribution < -0.4 is 10.1 Å². The Morgan fingerprint density at radius 2 is 1.96 bits per heavy atom. The van der Waals surface area contributed by atoms with E-state index < -0.39 is 0 Å². The van der Waals surface area contributed by atoms with Gasteiger partial charge >= 0.3 is 0 Å². The minimum Gasteiger partial charge on any atom is -0.484 e. The van der Waals surface area contributed by atoms with Gasteiger partial charge in [0.05, 0.1) is 12.7 Å². The van der Waals surface area contributed by atoms with Crippen LogP contribution in [0, 0.1) is 0 Å². The normalized spacial score (nSPS) is 17.7. The van der Waals surface area contributed by atoms with Gasteiger partial charge in [0.15, 0.2) is 6.61 Å². The van der Waals surface area contributed by atoms with Crippen molar-refractivity contribution in [2.75, 3.05) is 39.4 Å². The Balaban J connectivity index is 1.36. The number of nitrogens with one attached hydrogen (secondary N) is 1. The highest BCUT2D eigenvalue weighted by Crippen LogP contribution is 2.21. The van der Waals surface area contributed by atoms with Crippen molar-refractivity contribution in [3.8, 4) is 5.75 Å². The first-order chi connectivity index (χ1) is 12.7. The number of ether oxygens (including phenoxy) is 2. The van der Waals surface area contributed by atoms with E-state index in [1.54, 1.807) is 24.3 Å². The molecule has 1 aliphatic rings. The van der Waals surface area contributed by atoms with E-state index in [4.69, 9.17) is 21.1 Å². The molecule has 26 heavy (non-hydrogen) atoms. The standard InChI is InChI=1S/C20H23ClN2O3/c21-17-6-8-18(9-7-17)26-15-20(24)22-10-11-23-12-13-25-19(14-23)16-4-2-1-3-5-16/h1-9,19H,10-15H2,(H,22,24)/t19-/m1/s1. The van der Waals surface area contributed by atoms with Crippen molar-refractivity contribution < 1.29 is 14.3 Å². The van der Waals surface area contributed by atoms with Gasteiger partial charge in [-0.25, -0.2) is 0 Å². The number of rotatable bonds is 7. The van der Waals surface area contributed by atoms with E-state index in [1.165, 1.54) is 5.56 Å². The molecule has 1 fully saturated rings. The maximum atomic E-state index is 11.9. The van der Waals surface area contributed by atoms with E-state index in [0.717, 1.165) is 19.6 Å². The van der Waals surface area contributed by atoms with Crippen molar-refractivity contribution in [1.82, 2.24) is 10.2 Å². The second kappa shape index (κ2) is 9.57. The molecule has 1 N–H and O–H groups in total. The Labute approximate surface area is 158 Å². The molecule has 0 radical (unpaired) electrons. The molecule has 5 nitrogen and oxygen atoms in total. The number of hydrogen-bond acceptors (Lipinski definition) is 4. The largest absolute Gasteiger partial charge is 0.484 e. The maximum absolute atomic E-state index is 11.9. The predicted molar refractivity (Wildman–Crippen MR) is 102 cm³/mol. The van der Waals surface area contributed by atoms with E-state index in [9.17, 15) is 4.79 Å². The zero-order valence-corrected chi connectivity index (χ0v) is 15.3. The number of carbonyl (C=O) groups is 1. The Hall–Kier alpha value is -2.08. The van der Waals surface area contributed by atoms with Gasteiger partial charge in [-0.05, 0) is 29.8 Å². The summed E-state index contributed by atoms with van der Waals surface area (Å²) < 4.78 is 11.3. The number of morpholine rings is 1. The van der Waals surface area contributed by atoms with Gasteiger partial charge in [-0.2, -0.15) is 0 Å². The lowest BCUT2D eigenvalue weighted by Crippen LogP contribution is -2.43. The van der Waals surface area contributed by atoms with Crippen LogP contribution in [0.3, 0.4) is 0 Å². The lowest BCUT2D eigenvalue weighted by Gasteiger charge is -2.33. The van der Waals surface area contributed by atoms with Gasteiger partial charge in [-0.3, -0.25) is 9.69 Å². The number of benzene rings is 2. The lowest BCUT2D eigenvalue weighted by molar-refractivity contribution is -0.123. The van der Waals surface area contributed by atoms with Gasteiger partial charge in [0, 0.05) is 31.2 Å². The van der Waals surface area contributed by atoms with Crippen LogP contribution in [0.15, 0.2) is 54.6 Å². The molecule has 3 rings (SSSR count). The van der Waals surface area contributed by atoms with Crippen LogP contribution in [-0.2, 0) is 9.53 Å². The van der Waals surface area contributed by atoms with Gasteiger partial charge in [-0.1, -0.05) is 41.9 Å². The van der Waals surface area contributed by atoms with Crippen LogP contribution in [0.2, 0.25) is 5.02 Å². The molecule has 0 spiro atoms. The summed E-state index contributed by atoms with van der Waals surface area (Å²) in [5.41, 5.74) is 1.19. The van der Waals surface area contributed by atoms with E-state index in [1.807, 2.05) is 18.2 Å². The second-order valence-corrected chi connectivity index (χ2v) is 6.60. The van der Waals surface area contributed by atoms with Crippen LogP contribution in [-0.4, -0.2) is 50.2 Å². The molecule has 1 amide bonds. The quantitative estimate of drug-likeness (QED) is 0.809. The average molecular weight is 375 g/mol. The van der Waals surface area contributed by atoms with Crippen molar-refractivity contribution >= 4 is 17.5 Å². The van der Waals surface area contributed by atoms with Crippen LogP contribution in [0.25, 0.3) is 0 Å². The summed E-state index contributed by atoms with van der Waals surface area (Å²) in [6, 6.07) is 17.2. The molecule has 1 saturated heterocycles. The number of carbonyl (C=O) groups excluding carboxylic acids is 1. The zero-order chi connectivity index (χ0) is 18.2. The van der Waals surface area contributed by atoms with Crippen molar-refractivity contribution in [2.45, 2.75) is 6.10 Å². The van der Waals surface area contributed by atoms with Crippen LogP contribution in [0.1, 0.15) is 11.7 Å². The first-order valence-electron chi connectivity index (χ1n) is 8.75. The molecule has 0 aliphatic carbocycles. The van der Waals surface area contributed by atoms with Crippen molar-refractivity contribution in [3.05, 3.63) is 65.2 Å². The Morgan fingerprint density at radius 3 is 2.73 bits per heavy atom. The number of halogens is 1. The average Bonchev–Trinajstić information content (AvgIpc) is 2.68. The minimum absolute atomic E-state index is 0.00260. The third-order valence-electron chi connectivity index (χ3n) is 4.26. The number of amides is 1. The summed E-state index contributed by atoms with van der Waals surface area (Å²) in [5, 5.41) is 3.53. The number of hydrogen-bond donors (Lipinski definition) is 1. The SMILES string of the molecule is O=C(COc1ccc(Cl)cc1)NCCN1CCO[C@@H](c2ccccc2)C1. The molecule has 1 aliphatic heterocycles. The molecule has 0 saturated carbocycles. The molecular formula is C20H23ClN2O3. The van der Waals surface area contributed by atoms with E-state index >= 15 is 0 Å². The van der Waals surface area contributed by atoms with Crippen LogP contribution in [0.4, 0.5) is 0 Å². The summed E-state index contributed by atoms with van der Waals surface area (Å²) in [7, 11) is 0. The molecule has 138 valence electrons. The van der Waals surface area contributed by atoms with Gasteiger partial charge in [0.1, 0.15) is 5.75 Å². The second-order valence-electron chi connectivity index (χ2n) is 6.16. The monoisotopic (exact) mass is 374 g/mol. The third kappa shape index (κ3) is 5.73. The Bertz CT molecular complexity index is 694. The first kappa shape index (κ1) is 18.7. The van der Waals surface area contributed by atoms with Gasteiger partial charge < -0.3 is 14.8 Å². The lowest BCUT2D eigenvalue weighted by atomic mass is 10.1. The zero-order valence-electron chi connectivity index (χ0n) is 14.6. The topological polar surface area (TPSA) is 50.8 Å². The molecular weight excluding hydrogens is 352 g/mol. The molecule has 2 aromatic carbocycles. The minimum atomic E-state index is -0.132. The molecule has 0 bridgehead atoms. The molecule has 0 aromatic heterocycles. The molecule has 2 aromatic rings. The first-order valence-corrected chi connectivity index (χ1v) is 9.12. The van der Waals surface area contributed by atoms with Gasteiger partial charge in [0.2, 0.25) is 0 Å². The highest BCUT2D eigenvalue weighted by molar-refractivity contribution is 6.30. The fourth-order valence-corrected chi connectivity index (χ4v) is 2.99. The highest BCUT2D eigenvalue weighted by atomic mass is 35.5. The molecule has 1 heterocycles. The van der Waals surface area contributed by atoms with Gasteiger partial charge in [0.25, 0.3) is 5.91 Å². The summed E-state index contributed by atoms with van der Waals surface area (Å²) in [5.74, 6) is 0.497. The van der Waals surface area contributed by atoms with Crippen LogP contribution >= 0.6 is 11.6 Å². The molecule has 1 atom stereocenters. The molecule has 6 heteroatoms. The van der Waals surface area contributed by atoms with Crippen molar-refractivity contribution in [1.29, 1.82) is 0 Å². The van der Waals surface area contributed by atoms with E-state index in [2.05, 4.69) is 22.3 Å². The highest BCUT2D eigenvalue weighted by Gasteiger charge is 2.21. The van der Waals surface area contributed by atoms with E-state index in [-0.39, 0.29) is 18.6 Å². The summed E-state index contributed by atoms with van der Waals surface area (Å²) in [6.45, 7) is 3.79. The van der Waals surface area contributed by atoms with Crippen molar-refractivity contribution in [3.63, 3.8) is 0 Å². The fourth-order valence-electron chi connectivity index (χ4n) is 2.86.